The molecule has 0 bridgehead atoms. The average Bonchev–Trinajstić information content (AvgIpc) is 3.07. The molecule has 0 aromatic heterocycles. The molecule has 1 aliphatic heterocycles. The molecule has 1 saturated heterocycles. The van der Waals surface area contributed by atoms with Gasteiger partial charge in [-0.1, -0.05) is 49.5 Å². The summed E-state index contributed by atoms with van der Waals surface area (Å²) in [7, 11) is 0. The minimum atomic E-state index is -0.484. The standard InChI is InChI=1S/C16H19NO3S2/c1-11(10-22-16(21)12-6-3-2-4-7-12)14(18)20-15(19)13-8-5-9-17-13/h2-4,6-7,11,13,17H,5,8-10H2,1H3/t11?,13-/m0/s1. The lowest BCUT2D eigenvalue weighted by molar-refractivity contribution is -0.163. The number of thiocarbonyl (C=S) groups is 1. The number of carbonyl (C=O) groups excluding carboxylic acids is 2. The normalized spacial score (nSPS) is 18.7. The highest BCUT2D eigenvalue weighted by Gasteiger charge is 2.27. The van der Waals surface area contributed by atoms with Crippen molar-refractivity contribution >= 4 is 40.1 Å². The van der Waals surface area contributed by atoms with Gasteiger partial charge >= 0.3 is 11.9 Å². The number of carbonyl (C=O) groups is 2. The van der Waals surface area contributed by atoms with E-state index in [1.54, 1.807) is 6.92 Å². The highest BCUT2D eigenvalue weighted by atomic mass is 32.2. The van der Waals surface area contributed by atoms with Gasteiger partial charge in [0.1, 0.15) is 6.04 Å². The van der Waals surface area contributed by atoms with Gasteiger partial charge in [0.2, 0.25) is 0 Å². The van der Waals surface area contributed by atoms with E-state index in [4.69, 9.17) is 17.0 Å². The summed E-state index contributed by atoms with van der Waals surface area (Å²) in [6, 6.07) is 9.32. The lowest BCUT2D eigenvalue weighted by Crippen LogP contribution is -2.35. The van der Waals surface area contributed by atoms with Crippen molar-refractivity contribution in [1.29, 1.82) is 0 Å². The first-order valence-electron chi connectivity index (χ1n) is 7.29. The topological polar surface area (TPSA) is 55.4 Å². The van der Waals surface area contributed by atoms with E-state index in [-0.39, 0.29) is 12.0 Å². The summed E-state index contributed by atoms with van der Waals surface area (Å²) in [5, 5.41) is 3.02. The number of ether oxygens (including phenoxy) is 1. The summed E-state index contributed by atoms with van der Waals surface area (Å²) in [5.41, 5.74) is 0.967. The number of nitrogens with one attached hydrogen (secondary N) is 1. The van der Waals surface area contributed by atoms with Crippen molar-refractivity contribution in [3.05, 3.63) is 35.9 Å². The Balaban J connectivity index is 1.76. The van der Waals surface area contributed by atoms with Crippen LogP contribution >= 0.6 is 24.0 Å². The van der Waals surface area contributed by atoms with Gasteiger partial charge in [0.15, 0.2) is 0 Å². The van der Waals surface area contributed by atoms with E-state index in [9.17, 15) is 9.59 Å². The van der Waals surface area contributed by atoms with E-state index >= 15 is 0 Å². The Morgan fingerprint density at radius 2 is 2.14 bits per heavy atom. The average molecular weight is 337 g/mol. The molecule has 1 aliphatic rings. The van der Waals surface area contributed by atoms with E-state index in [0.717, 1.165) is 29.1 Å². The SMILES string of the molecule is CC(CSC(=S)c1ccccc1)C(=O)OC(=O)[C@@H]1CCCN1. The summed E-state index contributed by atoms with van der Waals surface area (Å²) in [6.07, 6.45) is 1.66. The summed E-state index contributed by atoms with van der Waals surface area (Å²) in [6.45, 7) is 2.54. The predicted octanol–water partition coefficient (Wildman–Crippen LogP) is 2.55. The molecule has 4 nitrogen and oxygen atoms in total. The highest BCUT2D eigenvalue weighted by Crippen LogP contribution is 2.18. The maximum Gasteiger partial charge on any atom is 0.330 e. The smallest absolute Gasteiger partial charge is 0.330 e. The van der Waals surface area contributed by atoms with Crippen LogP contribution in [0.2, 0.25) is 0 Å². The van der Waals surface area contributed by atoms with Crippen LogP contribution < -0.4 is 5.32 Å². The maximum atomic E-state index is 11.9. The lowest BCUT2D eigenvalue weighted by Gasteiger charge is -2.13. The van der Waals surface area contributed by atoms with Crippen LogP contribution in [0.5, 0.6) is 0 Å². The summed E-state index contributed by atoms with van der Waals surface area (Å²) in [5.74, 6) is -0.832. The fourth-order valence-corrected chi connectivity index (χ4v) is 3.26. The minimum Gasteiger partial charge on any atom is -0.392 e. The number of benzene rings is 1. The number of hydrogen-bond acceptors (Lipinski definition) is 6. The van der Waals surface area contributed by atoms with Gasteiger partial charge in [-0.15, -0.1) is 11.8 Å². The van der Waals surface area contributed by atoms with Gasteiger partial charge in [-0.25, -0.2) is 4.79 Å². The molecule has 1 N–H and O–H groups in total. The molecule has 0 radical (unpaired) electrons. The molecule has 2 atom stereocenters. The fraction of sp³-hybridized carbons (Fsp3) is 0.438. The van der Waals surface area contributed by atoms with Crippen molar-refractivity contribution < 1.29 is 14.3 Å². The quantitative estimate of drug-likeness (QED) is 0.506. The Kier molecular flexibility index (Phi) is 6.54. The van der Waals surface area contributed by atoms with Crippen LogP contribution in [0.1, 0.15) is 25.3 Å². The van der Waals surface area contributed by atoms with Crippen LogP contribution in [0.3, 0.4) is 0 Å². The molecule has 1 aromatic carbocycles. The van der Waals surface area contributed by atoms with Gasteiger partial charge in [-0.05, 0) is 24.9 Å². The number of hydrogen-bond donors (Lipinski definition) is 1. The van der Waals surface area contributed by atoms with Crippen molar-refractivity contribution in [3.8, 4) is 0 Å². The Morgan fingerprint density at radius 3 is 2.77 bits per heavy atom. The van der Waals surface area contributed by atoms with Crippen LogP contribution in [0.15, 0.2) is 30.3 Å². The first kappa shape index (κ1) is 17.1. The largest absolute Gasteiger partial charge is 0.392 e. The van der Waals surface area contributed by atoms with E-state index < -0.39 is 11.9 Å². The molecule has 0 spiro atoms. The van der Waals surface area contributed by atoms with Crippen molar-refractivity contribution in [1.82, 2.24) is 5.32 Å². The van der Waals surface area contributed by atoms with Crippen LogP contribution in [0, 0.1) is 5.92 Å². The van der Waals surface area contributed by atoms with Crippen LogP contribution in [0.25, 0.3) is 0 Å². The van der Waals surface area contributed by atoms with Crippen LogP contribution in [-0.4, -0.2) is 34.5 Å². The minimum absolute atomic E-state index is 0.339. The Hall–Kier alpha value is -1.24. The molecule has 0 aliphatic carbocycles. The molecule has 0 amide bonds. The van der Waals surface area contributed by atoms with Crippen molar-refractivity contribution in [2.75, 3.05) is 12.3 Å². The van der Waals surface area contributed by atoms with Gasteiger partial charge in [0.25, 0.3) is 0 Å². The van der Waals surface area contributed by atoms with Crippen LogP contribution in [0.4, 0.5) is 0 Å². The zero-order valence-corrected chi connectivity index (χ0v) is 14.0. The fourth-order valence-electron chi connectivity index (χ4n) is 2.08. The van der Waals surface area contributed by atoms with Crippen molar-refractivity contribution in [2.45, 2.75) is 25.8 Å². The molecule has 118 valence electrons. The number of thioether (sulfide) groups is 1. The molecule has 1 unspecified atom stereocenters. The predicted molar refractivity (Wildman–Crippen MR) is 91.9 cm³/mol. The molecular weight excluding hydrogens is 318 g/mol. The molecule has 1 aromatic rings. The third kappa shape index (κ3) is 4.90. The van der Waals surface area contributed by atoms with Gasteiger partial charge in [0, 0.05) is 5.75 Å². The third-order valence-corrected chi connectivity index (χ3v) is 5.18. The molecule has 1 fully saturated rings. The van der Waals surface area contributed by atoms with Crippen molar-refractivity contribution in [3.63, 3.8) is 0 Å². The second-order valence-electron chi connectivity index (χ2n) is 5.25. The Morgan fingerprint density at radius 1 is 1.41 bits per heavy atom. The van der Waals surface area contributed by atoms with E-state index in [2.05, 4.69) is 5.32 Å². The van der Waals surface area contributed by atoms with E-state index in [1.165, 1.54) is 11.8 Å². The molecule has 0 saturated carbocycles. The summed E-state index contributed by atoms with van der Waals surface area (Å²) >= 11 is 6.76. The van der Waals surface area contributed by atoms with Gasteiger partial charge < -0.3 is 10.1 Å². The second-order valence-corrected chi connectivity index (χ2v) is 6.95. The third-order valence-electron chi connectivity index (χ3n) is 3.42. The summed E-state index contributed by atoms with van der Waals surface area (Å²) < 4.78 is 5.68. The van der Waals surface area contributed by atoms with E-state index in [1.807, 2.05) is 30.3 Å². The Bertz CT molecular complexity index is 542. The monoisotopic (exact) mass is 337 g/mol. The number of esters is 2. The zero-order chi connectivity index (χ0) is 15.9. The molecule has 1 heterocycles. The molecule has 22 heavy (non-hydrogen) atoms. The van der Waals surface area contributed by atoms with Crippen LogP contribution in [-0.2, 0) is 14.3 Å². The highest BCUT2D eigenvalue weighted by molar-refractivity contribution is 8.23. The maximum absolute atomic E-state index is 11.9. The zero-order valence-electron chi connectivity index (χ0n) is 12.4. The van der Waals surface area contributed by atoms with Gasteiger partial charge in [-0.2, -0.15) is 0 Å². The lowest BCUT2D eigenvalue weighted by atomic mass is 10.2. The van der Waals surface area contributed by atoms with E-state index in [0.29, 0.717) is 5.75 Å². The first-order chi connectivity index (χ1) is 10.6. The first-order valence-corrected chi connectivity index (χ1v) is 8.68. The Labute approximate surface area is 140 Å². The molecule has 6 heteroatoms. The summed E-state index contributed by atoms with van der Waals surface area (Å²) in [4.78, 5) is 23.7. The van der Waals surface area contributed by atoms with Gasteiger partial charge in [-0.3, -0.25) is 4.79 Å². The molecule has 2 rings (SSSR count). The second kappa shape index (κ2) is 8.41. The van der Waals surface area contributed by atoms with Crippen molar-refractivity contribution in [2.24, 2.45) is 5.92 Å². The molecular formula is C16H19NO3S2. The van der Waals surface area contributed by atoms with Gasteiger partial charge in [0.05, 0.1) is 10.1 Å². The number of rotatable bonds is 5.